The minimum atomic E-state index is -0.946. The lowest BCUT2D eigenvalue weighted by molar-refractivity contribution is -0.394. The average molecular weight is 375 g/mol. The van der Waals surface area contributed by atoms with E-state index < -0.39 is 33.8 Å². The Hall–Kier alpha value is -3.98. The topological polar surface area (TPSA) is 188 Å². The highest BCUT2D eigenvalue weighted by atomic mass is 16.6. The first-order valence-corrected chi connectivity index (χ1v) is 7.32. The van der Waals surface area contributed by atoms with Crippen molar-refractivity contribution in [3.8, 4) is 11.8 Å². The van der Waals surface area contributed by atoms with Gasteiger partial charge in [-0.25, -0.2) is 4.79 Å². The Kier molecular flexibility index (Phi) is 5.37. The molecule has 1 aromatic carbocycles. The van der Waals surface area contributed by atoms with Crippen LogP contribution in [-0.4, -0.2) is 39.2 Å². The van der Waals surface area contributed by atoms with E-state index in [2.05, 4.69) is 4.74 Å². The van der Waals surface area contributed by atoms with Crippen LogP contribution in [0.25, 0.3) is 5.69 Å². The van der Waals surface area contributed by atoms with Crippen molar-refractivity contribution < 1.29 is 24.5 Å². The molecule has 1 aromatic heterocycles. The molecule has 12 nitrogen and oxygen atoms in total. The summed E-state index contributed by atoms with van der Waals surface area (Å²) in [6.45, 7) is -0.499. The average Bonchev–Trinajstić information content (AvgIpc) is 2.97. The van der Waals surface area contributed by atoms with Crippen molar-refractivity contribution in [3.63, 3.8) is 0 Å². The second kappa shape index (κ2) is 7.50. The molecule has 0 unspecified atom stereocenters. The standard InChI is InChI=1S/C15H13N5O7/c1-27-15(22)14-13(17)8(6-16)7-18(14)11-4-9(19(23)24)5-12(20(25)26)10(11)2-3-21/h4-5,7,21H,2-3,17H2,1H3. The van der Waals surface area contributed by atoms with Gasteiger partial charge < -0.3 is 20.1 Å². The van der Waals surface area contributed by atoms with Gasteiger partial charge in [-0.1, -0.05) is 0 Å². The van der Waals surface area contributed by atoms with Crippen LogP contribution in [0.2, 0.25) is 0 Å². The van der Waals surface area contributed by atoms with Gasteiger partial charge in [-0.3, -0.25) is 20.2 Å². The number of aliphatic hydroxyl groups excluding tert-OH is 1. The van der Waals surface area contributed by atoms with Gasteiger partial charge in [0.2, 0.25) is 0 Å². The number of hydrogen-bond acceptors (Lipinski definition) is 9. The lowest BCUT2D eigenvalue weighted by atomic mass is 10.1. The van der Waals surface area contributed by atoms with E-state index in [1.807, 2.05) is 0 Å². The van der Waals surface area contributed by atoms with Gasteiger partial charge in [0.15, 0.2) is 5.69 Å². The van der Waals surface area contributed by atoms with Gasteiger partial charge in [0.25, 0.3) is 11.4 Å². The first-order chi connectivity index (χ1) is 12.8. The van der Waals surface area contributed by atoms with E-state index in [4.69, 9.17) is 11.0 Å². The van der Waals surface area contributed by atoms with Crippen LogP contribution in [0.15, 0.2) is 18.3 Å². The highest BCUT2D eigenvalue weighted by molar-refractivity contribution is 5.96. The van der Waals surface area contributed by atoms with Crippen molar-refractivity contribution in [2.24, 2.45) is 0 Å². The predicted octanol–water partition coefficient (Wildman–Crippen LogP) is 1.07. The molecular formula is C15H13N5O7. The molecule has 1 heterocycles. The van der Waals surface area contributed by atoms with Crippen molar-refractivity contribution in [3.05, 3.63) is 55.4 Å². The summed E-state index contributed by atoms with van der Waals surface area (Å²) in [5.41, 5.74) is 3.66. The summed E-state index contributed by atoms with van der Waals surface area (Å²) < 4.78 is 5.64. The lowest BCUT2D eigenvalue weighted by Crippen LogP contribution is -2.14. The van der Waals surface area contributed by atoms with E-state index in [-0.39, 0.29) is 34.6 Å². The maximum atomic E-state index is 12.1. The molecule has 140 valence electrons. The molecule has 27 heavy (non-hydrogen) atoms. The van der Waals surface area contributed by atoms with Crippen molar-refractivity contribution >= 4 is 23.0 Å². The molecule has 2 rings (SSSR count). The van der Waals surface area contributed by atoms with Crippen molar-refractivity contribution in [1.29, 1.82) is 5.26 Å². The quantitative estimate of drug-likeness (QED) is 0.422. The zero-order chi connectivity index (χ0) is 20.3. The van der Waals surface area contributed by atoms with Crippen LogP contribution in [0.3, 0.4) is 0 Å². The number of nitrogens with zero attached hydrogens (tertiary/aromatic N) is 4. The molecular weight excluding hydrogens is 362 g/mol. The summed E-state index contributed by atoms with van der Waals surface area (Å²) in [5, 5.41) is 41.0. The van der Waals surface area contributed by atoms with E-state index in [1.54, 1.807) is 6.07 Å². The molecule has 2 aromatic rings. The maximum absolute atomic E-state index is 12.1. The molecule has 12 heteroatoms. The summed E-state index contributed by atoms with van der Waals surface area (Å²) in [6, 6.07) is 3.51. The van der Waals surface area contributed by atoms with E-state index in [0.717, 1.165) is 30.0 Å². The number of aromatic nitrogens is 1. The van der Waals surface area contributed by atoms with Crippen LogP contribution in [-0.2, 0) is 11.2 Å². The Labute approximate surface area is 151 Å². The summed E-state index contributed by atoms with van der Waals surface area (Å²) in [4.78, 5) is 33.0. The smallest absolute Gasteiger partial charge is 0.357 e. The van der Waals surface area contributed by atoms with E-state index in [9.17, 15) is 30.1 Å². The Morgan fingerprint density at radius 1 is 1.37 bits per heavy atom. The van der Waals surface area contributed by atoms with Crippen LogP contribution in [0, 0.1) is 31.6 Å². The summed E-state index contributed by atoms with van der Waals surface area (Å²) in [6.07, 6.45) is 0.884. The Bertz CT molecular complexity index is 989. The number of nitrogen functional groups attached to an aromatic ring is 1. The number of carbonyl (C=O) groups is 1. The van der Waals surface area contributed by atoms with Crippen molar-refractivity contribution in [2.75, 3.05) is 19.5 Å². The molecule has 0 fully saturated rings. The summed E-state index contributed by atoms with van der Waals surface area (Å²) >= 11 is 0. The third-order valence-electron chi connectivity index (χ3n) is 3.76. The minimum absolute atomic E-state index is 0.0715. The normalized spacial score (nSPS) is 10.3. The first-order valence-electron chi connectivity index (χ1n) is 7.32. The Morgan fingerprint density at radius 2 is 2.04 bits per heavy atom. The number of nitrogens with two attached hydrogens (primary N) is 1. The van der Waals surface area contributed by atoms with Gasteiger partial charge >= 0.3 is 5.97 Å². The van der Waals surface area contributed by atoms with Crippen molar-refractivity contribution in [2.45, 2.75) is 6.42 Å². The lowest BCUT2D eigenvalue weighted by Gasteiger charge is -2.13. The second-order valence-electron chi connectivity index (χ2n) is 5.23. The number of ether oxygens (including phenoxy) is 1. The molecule has 0 amide bonds. The minimum Gasteiger partial charge on any atom is -0.464 e. The Morgan fingerprint density at radius 3 is 2.52 bits per heavy atom. The highest BCUT2D eigenvalue weighted by Gasteiger charge is 2.29. The van der Waals surface area contributed by atoms with Crippen LogP contribution in [0.5, 0.6) is 0 Å². The molecule has 3 N–H and O–H groups in total. The largest absolute Gasteiger partial charge is 0.464 e. The van der Waals surface area contributed by atoms with E-state index in [1.165, 1.54) is 0 Å². The monoisotopic (exact) mass is 375 g/mol. The van der Waals surface area contributed by atoms with Gasteiger partial charge in [-0.2, -0.15) is 5.26 Å². The molecule has 0 aliphatic rings. The number of anilines is 1. The molecule has 0 atom stereocenters. The molecule has 0 saturated heterocycles. The molecule has 0 saturated carbocycles. The van der Waals surface area contributed by atoms with E-state index >= 15 is 0 Å². The number of nitriles is 1. The third kappa shape index (κ3) is 3.39. The van der Waals surface area contributed by atoms with Crippen LogP contribution < -0.4 is 5.73 Å². The van der Waals surface area contributed by atoms with Gasteiger partial charge in [0, 0.05) is 25.3 Å². The van der Waals surface area contributed by atoms with Gasteiger partial charge in [-0.15, -0.1) is 0 Å². The number of rotatable bonds is 6. The molecule has 0 aliphatic heterocycles. The number of carbonyl (C=O) groups excluding carboxylic acids is 1. The van der Waals surface area contributed by atoms with Gasteiger partial charge in [0.1, 0.15) is 6.07 Å². The number of esters is 1. The number of methoxy groups -OCH3 is 1. The summed E-state index contributed by atoms with van der Waals surface area (Å²) in [7, 11) is 1.07. The zero-order valence-corrected chi connectivity index (χ0v) is 13.9. The number of hydrogen-bond donors (Lipinski definition) is 2. The fourth-order valence-electron chi connectivity index (χ4n) is 2.58. The number of nitro benzene ring substituents is 2. The summed E-state index contributed by atoms with van der Waals surface area (Å²) in [5.74, 6) is -0.946. The van der Waals surface area contributed by atoms with Gasteiger partial charge in [0.05, 0.1) is 45.5 Å². The fraction of sp³-hybridized carbons (Fsp3) is 0.200. The molecule has 0 spiro atoms. The van der Waals surface area contributed by atoms with Gasteiger partial charge in [-0.05, 0) is 0 Å². The number of non-ortho nitro benzene ring substituents is 1. The zero-order valence-electron chi connectivity index (χ0n) is 13.9. The van der Waals surface area contributed by atoms with E-state index in [0.29, 0.717) is 0 Å². The van der Waals surface area contributed by atoms with Crippen LogP contribution in [0.4, 0.5) is 17.1 Å². The Balaban J connectivity index is 2.97. The van der Waals surface area contributed by atoms with Crippen LogP contribution in [0.1, 0.15) is 21.6 Å². The molecule has 0 radical (unpaired) electrons. The fourth-order valence-corrected chi connectivity index (χ4v) is 2.58. The first kappa shape index (κ1) is 19.3. The predicted molar refractivity (Wildman–Crippen MR) is 90.3 cm³/mol. The molecule has 0 aliphatic carbocycles. The van der Waals surface area contributed by atoms with Crippen molar-refractivity contribution in [1.82, 2.24) is 4.57 Å². The third-order valence-corrected chi connectivity index (χ3v) is 3.76. The number of benzene rings is 1. The molecule has 0 bridgehead atoms. The second-order valence-corrected chi connectivity index (χ2v) is 5.23. The number of aliphatic hydroxyl groups is 1. The van der Waals surface area contributed by atoms with Crippen LogP contribution >= 0.6 is 0 Å². The number of nitro groups is 2. The SMILES string of the molecule is COC(=O)c1c(N)c(C#N)cn1-c1cc([N+](=O)[O-])cc([N+](=O)[O-])c1CCO. The highest BCUT2D eigenvalue weighted by Crippen LogP contribution is 2.34. The maximum Gasteiger partial charge on any atom is 0.357 e.